The lowest BCUT2D eigenvalue weighted by atomic mass is 10.0. The van der Waals surface area contributed by atoms with E-state index in [1.54, 1.807) is 16.8 Å². The number of aliphatic imine (C=N–C) groups is 1. The first-order valence-electron chi connectivity index (χ1n) is 8.35. The topological polar surface area (TPSA) is 52.3 Å². The second kappa shape index (κ2) is 7.60. The van der Waals surface area contributed by atoms with Crippen molar-refractivity contribution >= 4 is 40.0 Å². The van der Waals surface area contributed by atoms with Crippen LogP contribution in [0.2, 0.25) is 10.0 Å². The lowest BCUT2D eigenvalue weighted by Crippen LogP contribution is -2.18. The predicted octanol–water partition coefficient (Wildman–Crippen LogP) is 5.39. The average Bonchev–Trinajstić information content (AvgIpc) is 3.17. The van der Waals surface area contributed by atoms with E-state index >= 15 is 0 Å². The fourth-order valence-corrected chi connectivity index (χ4v) is 3.49. The van der Waals surface area contributed by atoms with Gasteiger partial charge in [0, 0.05) is 5.56 Å². The number of ether oxygens (including phenoxy) is 1. The van der Waals surface area contributed by atoms with Gasteiger partial charge in [0.15, 0.2) is 0 Å². The van der Waals surface area contributed by atoms with E-state index in [1.807, 2.05) is 43.5 Å². The van der Waals surface area contributed by atoms with Gasteiger partial charge in [0.1, 0.15) is 23.1 Å². The molecule has 138 valence electrons. The summed E-state index contributed by atoms with van der Waals surface area (Å²) in [7, 11) is 0. The summed E-state index contributed by atoms with van der Waals surface area (Å²) in [5.74, 6) is 0. The highest BCUT2D eigenvalue weighted by atomic mass is 35.5. The van der Waals surface area contributed by atoms with E-state index in [1.165, 1.54) is 0 Å². The van der Waals surface area contributed by atoms with Crippen molar-refractivity contribution in [1.29, 1.82) is 0 Å². The van der Waals surface area contributed by atoms with E-state index in [2.05, 4.69) is 15.3 Å². The van der Waals surface area contributed by atoms with Crippen molar-refractivity contribution in [2.45, 2.75) is 19.1 Å². The van der Waals surface area contributed by atoms with Crippen LogP contribution < -0.4 is 0 Å². The van der Waals surface area contributed by atoms with Gasteiger partial charge < -0.3 is 4.74 Å². The molecule has 0 radical (unpaired) electrons. The zero-order valence-corrected chi connectivity index (χ0v) is 16.6. The van der Waals surface area contributed by atoms with Crippen LogP contribution in [0.1, 0.15) is 36.0 Å². The standard InChI is InChI=1S/C19H15Cl3N4O/c1-11(27-18-9-23-19(22)14-5-3-2-4-13(14)18)17-10-26(25-24-17)12-6-7-15(20)16(21)8-12/h2-8,10-11,18H,9H2,1H3. The molecule has 1 aliphatic heterocycles. The van der Waals surface area contributed by atoms with Gasteiger partial charge in [-0.2, -0.15) is 0 Å². The lowest BCUT2D eigenvalue weighted by molar-refractivity contribution is -0.00255. The summed E-state index contributed by atoms with van der Waals surface area (Å²) < 4.78 is 7.86. The van der Waals surface area contributed by atoms with Gasteiger partial charge >= 0.3 is 0 Å². The number of benzene rings is 2. The predicted molar refractivity (Wildman–Crippen MR) is 107 cm³/mol. The molecule has 2 heterocycles. The highest BCUT2D eigenvalue weighted by Crippen LogP contribution is 2.32. The van der Waals surface area contributed by atoms with Crippen molar-refractivity contribution in [3.63, 3.8) is 0 Å². The minimum Gasteiger partial charge on any atom is -0.362 e. The third kappa shape index (κ3) is 3.73. The molecule has 2 unspecified atom stereocenters. The van der Waals surface area contributed by atoms with Crippen LogP contribution in [0.5, 0.6) is 0 Å². The number of nitrogens with zero attached hydrogens (tertiary/aromatic N) is 4. The maximum absolute atomic E-state index is 6.22. The molecule has 1 aliphatic rings. The zero-order valence-electron chi connectivity index (χ0n) is 14.3. The number of hydrogen-bond acceptors (Lipinski definition) is 4. The molecule has 8 heteroatoms. The van der Waals surface area contributed by atoms with Crippen molar-refractivity contribution < 1.29 is 4.74 Å². The number of aromatic nitrogens is 3. The lowest BCUT2D eigenvalue weighted by Gasteiger charge is -2.25. The van der Waals surface area contributed by atoms with Gasteiger partial charge in [-0.3, -0.25) is 4.99 Å². The van der Waals surface area contributed by atoms with Gasteiger partial charge in [0.2, 0.25) is 0 Å². The second-order valence-corrected chi connectivity index (χ2v) is 7.34. The Kier molecular flexibility index (Phi) is 5.19. The van der Waals surface area contributed by atoms with E-state index in [-0.39, 0.29) is 12.2 Å². The van der Waals surface area contributed by atoms with Gasteiger partial charge in [0.25, 0.3) is 0 Å². The molecular formula is C19H15Cl3N4O. The summed E-state index contributed by atoms with van der Waals surface area (Å²) in [6, 6.07) is 13.1. The molecule has 0 aliphatic carbocycles. The number of fused-ring (bicyclic) bond motifs is 1. The summed E-state index contributed by atoms with van der Waals surface area (Å²) >= 11 is 18.3. The SMILES string of the molecule is CC(OC1CN=C(Cl)c2ccccc21)c1cn(-c2ccc(Cl)c(Cl)c2)nn1. The first-order valence-corrected chi connectivity index (χ1v) is 9.48. The Hall–Kier alpha value is -1.92. The van der Waals surface area contributed by atoms with E-state index in [0.717, 1.165) is 16.8 Å². The van der Waals surface area contributed by atoms with Crippen molar-refractivity contribution in [3.8, 4) is 5.69 Å². The molecule has 0 fully saturated rings. The maximum atomic E-state index is 6.22. The van der Waals surface area contributed by atoms with Crippen molar-refractivity contribution in [3.05, 3.63) is 75.5 Å². The third-order valence-electron chi connectivity index (χ3n) is 4.39. The van der Waals surface area contributed by atoms with Crippen LogP contribution in [0.15, 0.2) is 53.7 Å². The van der Waals surface area contributed by atoms with Crippen LogP contribution in [-0.2, 0) is 4.74 Å². The van der Waals surface area contributed by atoms with Crippen LogP contribution in [0.25, 0.3) is 5.69 Å². The first kappa shape index (κ1) is 18.4. The molecule has 4 rings (SSSR count). The Bertz CT molecular complexity index is 1020. The van der Waals surface area contributed by atoms with Crippen molar-refractivity contribution in [2.24, 2.45) is 4.99 Å². The van der Waals surface area contributed by atoms with Gasteiger partial charge in [-0.05, 0) is 30.7 Å². The van der Waals surface area contributed by atoms with Crippen LogP contribution in [0.4, 0.5) is 0 Å². The van der Waals surface area contributed by atoms with Crippen molar-refractivity contribution in [1.82, 2.24) is 15.0 Å². The van der Waals surface area contributed by atoms with E-state index in [0.29, 0.717) is 27.5 Å². The molecule has 2 aromatic carbocycles. The Morgan fingerprint density at radius 3 is 2.74 bits per heavy atom. The van der Waals surface area contributed by atoms with Crippen LogP contribution >= 0.6 is 34.8 Å². The third-order valence-corrected chi connectivity index (χ3v) is 5.45. The number of rotatable bonds is 4. The molecule has 0 bridgehead atoms. The molecule has 0 saturated carbocycles. The Balaban J connectivity index is 1.54. The number of hydrogen-bond donors (Lipinski definition) is 0. The Morgan fingerprint density at radius 2 is 1.93 bits per heavy atom. The minimum absolute atomic E-state index is 0.186. The van der Waals surface area contributed by atoms with Gasteiger partial charge in [0.05, 0.1) is 28.5 Å². The summed E-state index contributed by atoms with van der Waals surface area (Å²) in [6.45, 7) is 2.41. The fourth-order valence-electron chi connectivity index (χ4n) is 2.96. The molecule has 2 atom stereocenters. The largest absolute Gasteiger partial charge is 0.362 e. The molecular weight excluding hydrogens is 407 g/mol. The minimum atomic E-state index is -0.272. The molecule has 0 saturated heterocycles. The molecule has 0 amide bonds. The summed E-state index contributed by atoms with van der Waals surface area (Å²) in [5, 5.41) is 9.87. The first-order chi connectivity index (χ1) is 13.0. The molecule has 0 spiro atoms. The molecule has 1 aromatic heterocycles. The summed E-state index contributed by atoms with van der Waals surface area (Å²) in [5.41, 5.74) is 3.41. The normalized spacial score (nSPS) is 17.3. The Labute approximate surface area is 171 Å². The van der Waals surface area contributed by atoms with Crippen LogP contribution in [0, 0.1) is 0 Å². The molecule has 3 aromatic rings. The van der Waals surface area contributed by atoms with E-state index in [4.69, 9.17) is 39.5 Å². The monoisotopic (exact) mass is 420 g/mol. The zero-order chi connectivity index (χ0) is 19.0. The fraction of sp³-hybridized carbons (Fsp3) is 0.211. The molecule has 5 nitrogen and oxygen atoms in total. The summed E-state index contributed by atoms with van der Waals surface area (Å²) in [4.78, 5) is 4.36. The quantitative estimate of drug-likeness (QED) is 0.567. The maximum Gasteiger partial charge on any atom is 0.131 e. The van der Waals surface area contributed by atoms with E-state index in [9.17, 15) is 0 Å². The molecule has 27 heavy (non-hydrogen) atoms. The van der Waals surface area contributed by atoms with Crippen molar-refractivity contribution in [2.75, 3.05) is 6.54 Å². The highest BCUT2D eigenvalue weighted by molar-refractivity contribution is 6.69. The second-order valence-electron chi connectivity index (χ2n) is 6.17. The molecule has 0 N–H and O–H groups in total. The van der Waals surface area contributed by atoms with E-state index < -0.39 is 0 Å². The van der Waals surface area contributed by atoms with Gasteiger partial charge in [-0.1, -0.05) is 64.3 Å². The average molecular weight is 422 g/mol. The Morgan fingerprint density at radius 1 is 1.11 bits per heavy atom. The number of halogens is 3. The highest BCUT2D eigenvalue weighted by Gasteiger charge is 2.25. The van der Waals surface area contributed by atoms with Gasteiger partial charge in [-0.25, -0.2) is 4.68 Å². The summed E-state index contributed by atoms with van der Waals surface area (Å²) in [6.07, 6.45) is 1.36. The van der Waals surface area contributed by atoms with Crippen LogP contribution in [-0.4, -0.2) is 26.7 Å². The van der Waals surface area contributed by atoms with Gasteiger partial charge in [-0.15, -0.1) is 5.10 Å². The van der Waals surface area contributed by atoms with Crippen LogP contribution in [0.3, 0.4) is 0 Å². The smallest absolute Gasteiger partial charge is 0.131 e.